The Bertz CT molecular complexity index is 297. The summed E-state index contributed by atoms with van der Waals surface area (Å²) >= 11 is 0. The summed E-state index contributed by atoms with van der Waals surface area (Å²) in [6, 6.07) is 2.19. The van der Waals surface area contributed by atoms with Gasteiger partial charge in [0.2, 0.25) is 0 Å². The van der Waals surface area contributed by atoms with E-state index in [0.717, 1.165) is 6.07 Å². The van der Waals surface area contributed by atoms with Crippen LogP contribution in [0.2, 0.25) is 0 Å². The van der Waals surface area contributed by atoms with Crippen LogP contribution >= 0.6 is 0 Å². The van der Waals surface area contributed by atoms with Gasteiger partial charge < -0.3 is 5.11 Å². The third kappa shape index (κ3) is 2.49. The van der Waals surface area contributed by atoms with Crippen molar-refractivity contribution in [2.75, 3.05) is 6.61 Å². The molecule has 3 heteroatoms. The average Bonchev–Trinajstić information content (AvgIpc) is 2.09. The molecule has 0 radical (unpaired) electrons. The van der Waals surface area contributed by atoms with Gasteiger partial charge in [-0.3, -0.25) is 0 Å². The smallest absolute Gasteiger partial charge is 0.129 e. The zero-order chi connectivity index (χ0) is 9.84. The Morgan fingerprint density at radius 3 is 2.62 bits per heavy atom. The monoisotopic (exact) mass is 186 g/mol. The molecule has 0 spiro atoms. The van der Waals surface area contributed by atoms with E-state index in [2.05, 4.69) is 0 Å². The summed E-state index contributed by atoms with van der Waals surface area (Å²) in [7, 11) is 0. The SMILES string of the molecule is Cc1c(F)cc(F)cc1CCCO. The predicted molar refractivity (Wildman–Crippen MR) is 46.5 cm³/mol. The molecular weight excluding hydrogens is 174 g/mol. The molecule has 1 aromatic carbocycles. The fourth-order valence-corrected chi connectivity index (χ4v) is 1.23. The molecule has 0 aliphatic heterocycles. The lowest BCUT2D eigenvalue weighted by atomic mass is 10.0. The van der Waals surface area contributed by atoms with Crippen LogP contribution < -0.4 is 0 Å². The fraction of sp³-hybridized carbons (Fsp3) is 0.400. The van der Waals surface area contributed by atoms with Crippen LogP contribution in [0.5, 0.6) is 0 Å². The van der Waals surface area contributed by atoms with Gasteiger partial charge in [0.25, 0.3) is 0 Å². The minimum absolute atomic E-state index is 0.0393. The maximum absolute atomic E-state index is 13.0. The van der Waals surface area contributed by atoms with Crippen molar-refractivity contribution in [3.63, 3.8) is 0 Å². The van der Waals surface area contributed by atoms with Crippen LogP contribution in [0.4, 0.5) is 8.78 Å². The van der Waals surface area contributed by atoms with Crippen LogP contribution in [-0.4, -0.2) is 11.7 Å². The van der Waals surface area contributed by atoms with Crippen molar-refractivity contribution >= 4 is 0 Å². The number of hydrogen-bond donors (Lipinski definition) is 1. The van der Waals surface area contributed by atoms with Gasteiger partial charge in [-0.05, 0) is 37.0 Å². The van der Waals surface area contributed by atoms with Crippen molar-refractivity contribution in [3.05, 3.63) is 34.9 Å². The molecule has 1 nitrogen and oxygen atoms in total. The van der Waals surface area contributed by atoms with Gasteiger partial charge >= 0.3 is 0 Å². The first-order chi connectivity index (χ1) is 6.15. The van der Waals surface area contributed by atoms with Crippen molar-refractivity contribution in [2.24, 2.45) is 0 Å². The number of aliphatic hydroxyl groups is 1. The Morgan fingerprint density at radius 2 is 2.00 bits per heavy atom. The zero-order valence-electron chi connectivity index (χ0n) is 7.48. The van der Waals surface area contributed by atoms with Gasteiger partial charge in [-0.2, -0.15) is 0 Å². The molecule has 1 N–H and O–H groups in total. The maximum atomic E-state index is 13.0. The maximum Gasteiger partial charge on any atom is 0.129 e. The van der Waals surface area contributed by atoms with Crippen LogP contribution in [0.3, 0.4) is 0 Å². The molecule has 0 aromatic heterocycles. The van der Waals surface area contributed by atoms with E-state index in [1.165, 1.54) is 6.07 Å². The van der Waals surface area contributed by atoms with E-state index < -0.39 is 11.6 Å². The van der Waals surface area contributed by atoms with Gasteiger partial charge in [0.1, 0.15) is 11.6 Å². The third-order valence-electron chi connectivity index (χ3n) is 2.02. The summed E-state index contributed by atoms with van der Waals surface area (Å²) in [5.74, 6) is -1.08. The van der Waals surface area contributed by atoms with Gasteiger partial charge in [-0.15, -0.1) is 0 Å². The van der Waals surface area contributed by atoms with Crippen molar-refractivity contribution < 1.29 is 13.9 Å². The number of hydrogen-bond acceptors (Lipinski definition) is 1. The lowest BCUT2D eigenvalue weighted by Crippen LogP contribution is -1.97. The van der Waals surface area contributed by atoms with Crippen LogP contribution in [0.25, 0.3) is 0 Å². The minimum atomic E-state index is -0.559. The Morgan fingerprint density at radius 1 is 1.31 bits per heavy atom. The van der Waals surface area contributed by atoms with Gasteiger partial charge in [-0.1, -0.05) is 0 Å². The molecule has 13 heavy (non-hydrogen) atoms. The highest BCUT2D eigenvalue weighted by molar-refractivity contribution is 5.28. The standard InChI is InChI=1S/C10H12F2O/c1-7-8(3-2-4-13)5-9(11)6-10(7)12/h5-6,13H,2-4H2,1H3. The van der Waals surface area contributed by atoms with Crippen molar-refractivity contribution in [1.29, 1.82) is 0 Å². The van der Waals surface area contributed by atoms with Crippen molar-refractivity contribution in [3.8, 4) is 0 Å². The molecule has 0 aliphatic carbocycles. The lowest BCUT2D eigenvalue weighted by molar-refractivity contribution is 0.288. The second-order valence-electron chi connectivity index (χ2n) is 3.00. The molecule has 0 saturated carbocycles. The van der Waals surface area contributed by atoms with Crippen LogP contribution in [0.15, 0.2) is 12.1 Å². The first-order valence-electron chi connectivity index (χ1n) is 4.20. The quantitative estimate of drug-likeness (QED) is 0.767. The first-order valence-corrected chi connectivity index (χ1v) is 4.20. The molecular formula is C10H12F2O. The molecule has 0 aliphatic rings. The molecule has 0 amide bonds. The van der Waals surface area contributed by atoms with Crippen LogP contribution in [-0.2, 0) is 6.42 Å². The van der Waals surface area contributed by atoms with Crippen molar-refractivity contribution in [2.45, 2.75) is 19.8 Å². The molecule has 0 saturated heterocycles. The predicted octanol–water partition coefficient (Wildman–Crippen LogP) is 2.20. The number of rotatable bonds is 3. The molecule has 0 bridgehead atoms. The highest BCUT2D eigenvalue weighted by Gasteiger charge is 2.06. The zero-order valence-corrected chi connectivity index (χ0v) is 7.48. The van der Waals surface area contributed by atoms with E-state index in [1.807, 2.05) is 0 Å². The van der Waals surface area contributed by atoms with Gasteiger partial charge in [-0.25, -0.2) is 8.78 Å². The second-order valence-corrected chi connectivity index (χ2v) is 3.00. The highest BCUT2D eigenvalue weighted by atomic mass is 19.1. The molecule has 1 aromatic rings. The molecule has 1 rings (SSSR count). The summed E-state index contributed by atoms with van der Waals surface area (Å²) < 4.78 is 25.7. The Balaban J connectivity index is 2.92. The van der Waals surface area contributed by atoms with E-state index in [9.17, 15) is 8.78 Å². The van der Waals surface area contributed by atoms with Gasteiger partial charge in [0, 0.05) is 12.7 Å². The van der Waals surface area contributed by atoms with Gasteiger partial charge in [0.15, 0.2) is 0 Å². The van der Waals surface area contributed by atoms with Crippen molar-refractivity contribution in [1.82, 2.24) is 0 Å². The second kappa shape index (κ2) is 4.33. The van der Waals surface area contributed by atoms with Crippen LogP contribution in [0.1, 0.15) is 17.5 Å². The third-order valence-corrected chi connectivity index (χ3v) is 2.02. The largest absolute Gasteiger partial charge is 0.396 e. The fourth-order valence-electron chi connectivity index (χ4n) is 1.23. The van der Waals surface area contributed by atoms with Crippen LogP contribution in [0, 0.1) is 18.6 Å². The van der Waals surface area contributed by atoms with E-state index in [-0.39, 0.29) is 6.61 Å². The minimum Gasteiger partial charge on any atom is -0.396 e. The number of aryl methyl sites for hydroxylation is 1. The summed E-state index contributed by atoms with van der Waals surface area (Å²) in [5.41, 5.74) is 1.10. The molecule has 0 fully saturated rings. The van der Waals surface area contributed by atoms with E-state index in [4.69, 9.17) is 5.11 Å². The highest BCUT2D eigenvalue weighted by Crippen LogP contribution is 2.16. The summed E-state index contributed by atoms with van der Waals surface area (Å²) in [5, 5.41) is 8.57. The number of benzene rings is 1. The van der Waals surface area contributed by atoms with E-state index in [0.29, 0.717) is 24.0 Å². The summed E-state index contributed by atoms with van der Waals surface area (Å²) in [4.78, 5) is 0. The summed E-state index contributed by atoms with van der Waals surface area (Å²) in [6.45, 7) is 1.65. The molecule has 72 valence electrons. The molecule has 0 unspecified atom stereocenters. The number of halogens is 2. The topological polar surface area (TPSA) is 20.2 Å². The lowest BCUT2D eigenvalue weighted by Gasteiger charge is -2.05. The van der Waals surface area contributed by atoms with E-state index >= 15 is 0 Å². The Kier molecular flexibility index (Phi) is 3.37. The van der Waals surface area contributed by atoms with E-state index in [1.54, 1.807) is 6.92 Å². The Hall–Kier alpha value is -0.960. The first kappa shape index (κ1) is 10.1. The number of aliphatic hydroxyl groups excluding tert-OH is 1. The Labute approximate surface area is 76.0 Å². The molecule has 0 atom stereocenters. The molecule has 0 heterocycles. The normalized spacial score (nSPS) is 10.5. The van der Waals surface area contributed by atoms with Gasteiger partial charge in [0.05, 0.1) is 0 Å². The summed E-state index contributed by atoms with van der Waals surface area (Å²) in [6.07, 6.45) is 1.04. The average molecular weight is 186 g/mol.